The zero-order chi connectivity index (χ0) is 28.1. The number of nitrogens with one attached hydrogen (secondary N) is 1. The highest BCUT2D eigenvalue weighted by Crippen LogP contribution is 2.10. The van der Waals surface area contributed by atoms with Crippen molar-refractivity contribution >= 4 is 5.91 Å². The first-order valence-electron chi connectivity index (χ1n) is 15.8. The predicted octanol–water partition coefficient (Wildman–Crippen LogP) is 7.70. The molecule has 0 bridgehead atoms. The van der Waals surface area contributed by atoms with Crippen molar-refractivity contribution in [3.8, 4) is 0 Å². The van der Waals surface area contributed by atoms with Gasteiger partial charge in [0.1, 0.15) is 6.10 Å². The predicted molar refractivity (Wildman–Crippen MR) is 162 cm³/mol. The minimum atomic E-state index is -1.12. The maximum absolute atomic E-state index is 12.3. The fourth-order valence-electron chi connectivity index (χ4n) is 4.37. The summed E-state index contributed by atoms with van der Waals surface area (Å²) in [4.78, 5) is 12.3. The highest BCUT2D eigenvalue weighted by Gasteiger charge is 2.22. The Labute approximate surface area is 234 Å². The van der Waals surface area contributed by atoms with Gasteiger partial charge in [-0.3, -0.25) is 4.79 Å². The van der Waals surface area contributed by atoms with E-state index in [1.54, 1.807) is 6.08 Å². The van der Waals surface area contributed by atoms with Gasteiger partial charge in [0.25, 0.3) is 0 Å². The molecular weight excluding hydrogens is 474 g/mol. The summed E-state index contributed by atoms with van der Waals surface area (Å²) in [6.45, 7) is 4.09. The van der Waals surface area contributed by atoms with Crippen LogP contribution >= 0.6 is 0 Å². The lowest BCUT2D eigenvalue weighted by atomic mass is 10.1. The highest BCUT2D eigenvalue weighted by molar-refractivity contribution is 5.80. The molecule has 0 aromatic heterocycles. The molecule has 0 aliphatic rings. The van der Waals surface area contributed by atoms with Gasteiger partial charge in [0, 0.05) is 0 Å². The third kappa shape index (κ3) is 23.7. The molecule has 0 rings (SSSR count). The van der Waals surface area contributed by atoms with E-state index in [4.69, 9.17) is 0 Å². The van der Waals surface area contributed by atoms with E-state index in [1.807, 2.05) is 6.08 Å². The second kappa shape index (κ2) is 28.6. The summed E-state index contributed by atoms with van der Waals surface area (Å²) < 4.78 is 0. The molecule has 1 amide bonds. The SMILES string of the molecule is CCCCCCCC/C=C\CCCCC(O)C(=O)NC(CO)C(O)/C=C/CC/C=C/CCCCCCCC. The number of carbonyl (C=O) groups is 1. The Balaban J connectivity index is 3.93. The zero-order valence-corrected chi connectivity index (χ0v) is 24.8. The second-order valence-corrected chi connectivity index (χ2v) is 10.6. The summed E-state index contributed by atoms with van der Waals surface area (Å²) in [5.74, 6) is -0.534. The molecule has 5 heteroatoms. The van der Waals surface area contributed by atoms with Gasteiger partial charge >= 0.3 is 0 Å². The summed E-state index contributed by atoms with van der Waals surface area (Å²) in [5, 5.41) is 32.7. The molecule has 0 radical (unpaired) electrons. The molecule has 3 atom stereocenters. The molecular formula is C33H61NO4. The molecule has 3 unspecified atom stereocenters. The van der Waals surface area contributed by atoms with Crippen molar-refractivity contribution in [2.45, 2.75) is 161 Å². The molecule has 0 fully saturated rings. The summed E-state index contributed by atoms with van der Waals surface area (Å²) in [6.07, 6.45) is 33.0. The lowest BCUT2D eigenvalue weighted by molar-refractivity contribution is -0.131. The number of unbranched alkanes of at least 4 members (excludes halogenated alkanes) is 15. The van der Waals surface area contributed by atoms with E-state index in [1.165, 1.54) is 77.0 Å². The van der Waals surface area contributed by atoms with Crippen molar-refractivity contribution in [3.63, 3.8) is 0 Å². The van der Waals surface area contributed by atoms with E-state index in [9.17, 15) is 20.1 Å². The molecule has 0 aliphatic carbocycles. The van der Waals surface area contributed by atoms with Crippen molar-refractivity contribution in [3.05, 3.63) is 36.5 Å². The number of amides is 1. The first-order valence-corrected chi connectivity index (χ1v) is 15.8. The minimum absolute atomic E-state index is 0.381. The molecule has 0 saturated heterocycles. The van der Waals surface area contributed by atoms with Crippen LogP contribution in [0.25, 0.3) is 0 Å². The van der Waals surface area contributed by atoms with E-state index >= 15 is 0 Å². The Hall–Kier alpha value is -1.43. The number of hydrogen-bond donors (Lipinski definition) is 4. The van der Waals surface area contributed by atoms with Gasteiger partial charge in [-0.2, -0.15) is 0 Å². The van der Waals surface area contributed by atoms with Gasteiger partial charge < -0.3 is 20.6 Å². The van der Waals surface area contributed by atoms with E-state index in [0.29, 0.717) is 6.42 Å². The van der Waals surface area contributed by atoms with Gasteiger partial charge in [0.2, 0.25) is 5.91 Å². The van der Waals surface area contributed by atoms with Crippen LogP contribution in [0.4, 0.5) is 0 Å². The summed E-state index contributed by atoms with van der Waals surface area (Å²) in [7, 11) is 0. The van der Waals surface area contributed by atoms with Gasteiger partial charge in [-0.05, 0) is 57.8 Å². The van der Waals surface area contributed by atoms with Crippen LogP contribution in [0.2, 0.25) is 0 Å². The molecule has 0 aromatic rings. The third-order valence-corrected chi connectivity index (χ3v) is 6.95. The normalized spacial score (nSPS) is 14.6. The van der Waals surface area contributed by atoms with E-state index in [0.717, 1.165) is 44.9 Å². The standard InChI is InChI=1S/C33H61NO4/c1-3-5-7-9-11-13-15-17-19-21-23-25-27-31(36)30(29-35)34-33(38)32(37)28-26-24-22-20-18-16-14-12-10-8-6-4-2/h17-20,25,27,30-32,35-37H,3-16,21-24,26,28-29H2,1-2H3,(H,34,38)/b19-17+,20-18-,27-25+. The molecule has 0 spiro atoms. The second-order valence-electron chi connectivity index (χ2n) is 10.6. The summed E-state index contributed by atoms with van der Waals surface area (Å²) in [5.41, 5.74) is 0. The third-order valence-electron chi connectivity index (χ3n) is 6.95. The number of allylic oxidation sites excluding steroid dienone is 5. The average Bonchev–Trinajstić information content (AvgIpc) is 2.92. The Bertz CT molecular complexity index is 602. The quantitative estimate of drug-likeness (QED) is 0.0641. The molecule has 4 N–H and O–H groups in total. The fraction of sp³-hybridized carbons (Fsp3) is 0.788. The molecule has 0 saturated carbocycles. The number of rotatable bonds is 27. The topological polar surface area (TPSA) is 89.8 Å². The Morgan fingerprint density at radius 1 is 0.632 bits per heavy atom. The van der Waals surface area contributed by atoms with Gasteiger partial charge in [-0.1, -0.05) is 121 Å². The molecule has 222 valence electrons. The van der Waals surface area contributed by atoms with E-state index in [-0.39, 0.29) is 6.61 Å². The summed E-state index contributed by atoms with van der Waals surface area (Å²) in [6, 6.07) is -0.818. The van der Waals surface area contributed by atoms with Gasteiger partial charge in [-0.25, -0.2) is 0 Å². The van der Waals surface area contributed by atoms with Crippen LogP contribution in [0.1, 0.15) is 142 Å². The number of aliphatic hydroxyl groups excluding tert-OH is 3. The van der Waals surface area contributed by atoms with Crippen LogP contribution in [0.15, 0.2) is 36.5 Å². The fourth-order valence-corrected chi connectivity index (χ4v) is 4.37. The lowest BCUT2D eigenvalue weighted by Gasteiger charge is -2.21. The monoisotopic (exact) mass is 535 g/mol. The Morgan fingerprint density at radius 3 is 1.61 bits per heavy atom. The van der Waals surface area contributed by atoms with Gasteiger partial charge in [0.05, 0.1) is 18.8 Å². The number of carbonyl (C=O) groups excluding carboxylic acids is 1. The Morgan fingerprint density at radius 2 is 1.08 bits per heavy atom. The first-order chi connectivity index (χ1) is 18.6. The van der Waals surface area contributed by atoms with Crippen LogP contribution in [-0.2, 0) is 4.79 Å². The first kappa shape index (κ1) is 36.6. The molecule has 5 nitrogen and oxygen atoms in total. The van der Waals surface area contributed by atoms with Crippen molar-refractivity contribution < 1.29 is 20.1 Å². The zero-order valence-electron chi connectivity index (χ0n) is 24.8. The van der Waals surface area contributed by atoms with Crippen molar-refractivity contribution in [1.82, 2.24) is 5.32 Å². The van der Waals surface area contributed by atoms with Crippen molar-refractivity contribution in [2.24, 2.45) is 0 Å². The smallest absolute Gasteiger partial charge is 0.249 e. The van der Waals surface area contributed by atoms with Crippen LogP contribution in [0.3, 0.4) is 0 Å². The maximum Gasteiger partial charge on any atom is 0.249 e. The minimum Gasteiger partial charge on any atom is -0.394 e. The summed E-state index contributed by atoms with van der Waals surface area (Å²) >= 11 is 0. The van der Waals surface area contributed by atoms with Crippen LogP contribution in [-0.4, -0.2) is 46.1 Å². The largest absolute Gasteiger partial charge is 0.394 e. The van der Waals surface area contributed by atoms with Crippen LogP contribution < -0.4 is 5.32 Å². The van der Waals surface area contributed by atoms with Crippen LogP contribution in [0.5, 0.6) is 0 Å². The molecule has 0 aromatic carbocycles. The number of hydrogen-bond acceptors (Lipinski definition) is 4. The lowest BCUT2D eigenvalue weighted by Crippen LogP contribution is -2.48. The van der Waals surface area contributed by atoms with Gasteiger partial charge in [0.15, 0.2) is 0 Å². The van der Waals surface area contributed by atoms with E-state index < -0.39 is 24.2 Å². The van der Waals surface area contributed by atoms with E-state index in [2.05, 4.69) is 43.5 Å². The van der Waals surface area contributed by atoms with Gasteiger partial charge in [-0.15, -0.1) is 0 Å². The Kier molecular flexibility index (Phi) is 27.5. The van der Waals surface area contributed by atoms with Crippen LogP contribution in [0, 0.1) is 0 Å². The van der Waals surface area contributed by atoms with Crippen molar-refractivity contribution in [1.29, 1.82) is 0 Å². The maximum atomic E-state index is 12.3. The molecule has 0 aliphatic heterocycles. The molecule has 38 heavy (non-hydrogen) atoms. The van der Waals surface area contributed by atoms with Crippen molar-refractivity contribution in [2.75, 3.05) is 6.61 Å². The highest BCUT2D eigenvalue weighted by atomic mass is 16.3. The average molecular weight is 536 g/mol. The molecule has 0 heterocycles. The number of aliphatic hydroxyl groups is 3.